The Morgan fingerprint density at radius 2 is 2.06 bits per heavy atom. The standard InChI is InChI=1S/C20H25F2N3O6S/c1-3-30-17(26)15-13(10-23-20(2)8-9-32(28,29)11-20)24-19(27)25-16(15)12-6-4-5-7-14(12)31-18(21)22/h4-7,16,18,23H,3,8-11H2,1-2H3,(H2,24,25,27)/t16-,20-/m1/s1. The highest BCUT2D eigenvalue weighted by Crippen LogP contribution is 2.34. The third kappa shape index (κ3) is 5.54. The monoisotopic (exact) mass is 473 g/mol. The molecule has 176 valence electrons. The molecule has 9 nitrogen and oxygen atoms in total. The van der Waals surface area contributed by atoms with Gasteiger partial charge in [-0.25, -0.2) is 18.0 Å². The summed E-state index contributed by atoms with van der Waals surface area (Å²) in [4.78, 5) is 25.2. The molecule has 0 unspecified atom stereocenters. The Bertz CT molecular complexity index is 1030. The van der Waals surface area contributed by atoms with Crippen LogP contribution in [0.2, 0.25) is 0 Å². The highest BCUT2D eigenvalue weighted by Gasteiger charge is 2.40. The SMILES string of the molecule is CCOC(=O)C1=C(CN[C@]2(C)CCS(=O)(=O)C2)NC(=O)N[C@@H]1c1ccccc1OC(F)F. The summed E-state index contributed by atoms with van der Waals surface area (Å²) in [6.45, 7) is 0.262. The van der Waals surface area contributed by atoms with Crippen LogP contribution in [0.3, 0.4) is 0 Å². The third-order valence-electron chi connectivity index (χ3n) is 5.29. The molecule has 2 aliphatic rings. The summed E-state index contributed by atoms with van der Waals surface area (Å²) in [5.74, 6) is -0.992. The van der Waals surface area contributed by atoms with Crippen LogP contribution < -0.4 is 20.7 Å². The van der Waals surface area contributed by atoms with E-state index in [9.17, 15) is 26.8 Å². The number of nitrogens with one attached hydrogen (secondary N) is 3. The molecule has 1 aromatic rings. The highest BCUT2D eigenvalue weighted by molar-refractivity contribution is 7.91. The Kier molecular flexibility index (Phi) is 7.03. The number of carbonyl (C=O) groups is 2. The van der Waals surface area contributed by atoms with Crippen LogP contribution in [-0.2, 0) is 19.4 Å². The minimum Gasteiger partial charge on any atom is -0.463 e. The van der Waals surface area contributed by atoms with Crippen molar-refractivity contribution in [1.82, 2.24) is 16.0 Å². The fourth-order valence-corrected chi connectivity index (χ4v) is 5.94. The minimum absolute atomic E-state index is 0.00807. The van der Waals surface area contributed by atoms with Crippen molar-refractivity contribution in [2.45, 2.75) is 38.5 Å². The molecule has 2 aliphatic heterocycles. The second-order valence-electron chi connectivity index (χ2n) is 7.82. The number of hydrogen-bond donors (Lipinski definition) is 3. The molecular formula is C20H25F2N3O6S. The Morgan fingerprint density at radius 3 is 2.69 bits per heavy atom. The van der Waals surface area contributed by atoms with E-state index in [0.717, 1.165) is 0 Å². The maximum absolute atomic E-state index is 12.9. The molecule has 0 radical (unpaired) electrons. The lowest BCUT2D eigenvalue weighted by molar-refractivity contribution is -0.139. The molecule has 2 heterocycles. The molecule has 0 aliphatic carbocycles. The molecule has 0 spiro atoms. The van der Waals surface area contributed by atoms with Crippen molar-refractivity contribution in [3.05, 3.63) is 41.1 Å². The topological polar surface area (TPSA) is 123 Å². The zero-order valence-corrected chi connectivity index (χ0v) is 18.4. The van der Waals surface area contributed by atoms with Gasteiger partial charge in [-0.2, -0.15) is 8.78 Å². The van der Waals surface area contributed by atoms with E-state index in [-0.39, 0.29) is 47.2 Å². The molecule has 1 aromatic carbocycles. The van der Waals surface area contributed by atoms with Crippen LogP contribution >= 0.6 is 0 Å². The van der Waals surface area contributed by atoms with Crippen molar-refractivity contribution in [3.8, 4) is 5.75 Å². The summed E-state index contributed by atoms with van der Waals surface area (Å²) in [6.07, 6.45) is 0.373. The number of para-hydroxylation sites is 1. The first-order valence-electron chi connectivity index (χ1n) is 10.0. The summed E-state index contributed by atoms with van der Waals surface area (Å²) in [5, 5.41) is 8.23. The second kappa shape index (κ2) is 9.41. The van der Waals surface area contributed by atoms with Crippen molar-refractivity contribution >= 4 is 21.8 Å². The van der Waals surface area contributed by atoms with Gasteiger partial charge in [0.15, 0.2) is 9.84 Å². The van der Waals surface area contributed by atoms with Gasteiger partial charge in [0.25, 0.3) is 0 Å². The molecule has 0 aromatic heterocycles. The van der Waals surface area contributed by atoms with Crippen LogP contribution in [0.1, 0.15) is 31.9 Å². The van der Waals surface area contributed by atoms with Crippen LogP contribution in [-0.4, -0.2) is 57.2 Å². The van der Waals surface area contributed by atoms with Gasteiger partial charge in [0, 0.05) is 23.3 Å². The van der Waals surface area contributed by atoms with E-state index in [2.05, 4.69) is 20.7 Å². The zero-order valence-electron chi connectivity index (χ0n) is 17.6. The highest BCUT2D eigenvalue weighted by atomic mass is 32.2. The molecule has 0 saturated carbocycles. The number of carbonyl (C=O) groups excluding carboxylic acids is 2. The predicted molar refractivity (Wildman–Crippen MR) is 111 cm³/mol. The number of hydrogen-bond acceptors (Lipinski definition) is 7. The average Bonchev–Trinajstić information content (AvgIpc) is 2.99. The Hall–Kier alpha value is -2.73. The normalized spacial score (nSPS) is 24.8. The van der Waals surface area contributed by atoms with Gasteiger partial charge in [0.05, 0.1) is 29.7 Å². The number of rotatable bonds is 8. The van der Waals surface area contributed by atoms with Crippen molar-refractivity contribution in [2.75, 3.05) is 24.7 Å². The summed E-state index contributed by atoms with van der Waals surface area (Å²) < 4.78 is 59.3. The fourth-order valence-electron chi connectivity index (χ4n) is 3.81. The van der Waals surface area contributed by atoms with E-state index >= 15 is 0 Å². The largest absolute Gasteiger partial charge is 0.463 e. The first-order chi connectivity index (χ1) is 15.0. The number of alkyl halides is 2. The van der Waals surface area contributed by atoms with Gasteiger partial charge < -0.3 is 25.4 Å². The van der Waals surface area contributed by atoms with Gasteiger partial charge in [0.2, 0.25) is 0 Å². The summed E-state index contributed by atoms with van der Waals surface area (Å²) >= 11 is 0. The number of amides is 2. The van der Waals surface area contributed by atoms with Crippen LogP contribution in [0.25, 0.3) is 0 Å². The van der Waals surface area contributed by atoms with Gasteiger partial charge in [0.1, 0.15) is 5.75 Å². The summed E-state index contributed by atoms with van der Waals surface area (Å²) in [7, 11) is -3.18. The molecular weight excluding hydrogens is 448 g/mol. The number of benzene rings is 1. The van der Waals surface area contributed by atoms with Gasteiger partial charge in [-0.05, 0) is 26.3 Å². The van der Waals surface area contributed by atoms with E-state index in [4.69, 9.17) is 4.74 Å². The second-order valence-corrected chi connectivity index (χ2v) is 10.0. The molecule has 2 atom stereocenters. The van der Waals surface area contributed by atoms with Gasteiger partial charge in [-0.3, -0.25) is 0 Å². The number of sulfone groups is 1. The van der Waals surface area contributed by atoms with Crippen LogP contribution in [0.15, 0.2) is 35.5 Å². The lowest BCUT2D eigenvalue weighted by Gasteiger charge is -2.32. The van der Waals surface area contributed by atoms with Crippen molar-refractivity contribution in [3.63, 3.8) is 0 Å². The summed E-state index contributed by atoms with van der Waals surface area (Å²) in [5.41, 5.74) is -0.422. The minimum atomic E-state index is -3.18. The molecule has 0 bridgehead atoms. The van der Waals surface area contributed by atoms with E-state index in [1.807, 2.05) is 0 Å². The third-order valence-corrected chi connectivity index (χ3v) is 7.19. The molecule has 12 heteroatoms. The Morgan fingerprint density at radius 1 is 1.34 bits per heavy atom. The average molecular weight is 473 g/mol. The van der Waals surface area contributed by atoms with Crippen molar-refractivity contribution in [1.29, 1.82) is 0 Å². The first-order valence-corrected chi connectivity index (χ1v) is 11.8. The van der Waals surface area contributed by atoms with Crippen LogP contribution in [0.4, 0.5) is 13.6 Å². The van der Waals surface area contributed by atoms with Crippen molar-refractivity contribution in [2.24, 2.45) is 0 Å². The fraction of sp³-hybridized carbons (Fsp3) is 0.500. The Labute approximate surface area is 184 Å². The first kappa shape index (κ1) is 23.9. The van der Waals surface area contributed by atoms with Gasteiger partial charge in [-0.1, -0.05) is 18.2 Å². The molecule has 32 heavy (non-hydrogen) atoms. The molecule has 1 fully saturated rings. The van der Waals surface area contributed by atoms with E-state index in [0.29, 0.717) is 6.42 Å². The van der Waals surface area contributed by atoms with Crippen LogP contribution in [0, 0.1) is 0 Å². The molecule has 3 rings (SSSR count). The summed E-state index contributed by atoms with van der Waals surface area (Å²) in [6, 6.07) is 4.05. The molecule has 3 N–H and O–H groups in total. The quantitative estimate of drug-likeness (QED) is 0.491. The molecule has 1 saturated heterocycles. The zero-order chi connectivity index (χ0) is 23.5. The molecule has 2 amide bonds. The maximum atomic E-state index is 12.9. The predicted octanol–water partition coefficient (Wildman–Crippen LogP) is 1.63. The maximum Gasteiger partial charge on any atom is 0.387 e. The van der Waals surface area contributed by atoms with Crippen molar-refractivity contribution < 1.29 is 36.3 Å². The smallest absolute Gasteiger partial charge is 0.387 e. The van der Waals surface area contributed by atoms with Crippen LogP contribution in [0.5, 0.6) is 5.75 Å². The number of esters is 1. The lowest BCUT2D eigenvalue weighted by atomic mass is 9.93. The van der Waals surface area contributed by atoms with Gasteiger partial charge >= 0.3 is 18.6 Å². The van der Waals surface area contributed by atoms with E-state index < -0.39 is 40.0 Å². The Balaban J connectivity index is 2.00. The van der Waals surface area contributed by atoms with E-state index in [1.54, 1.807) is 19.9 Å². The number of urea groups is 1. The number of ether oxygens (including phenoxy) is 2. The number of halogens is 2. The van der Waals surface area contributed by atoms with E-state index in [1.165, 1.54) is 18.2 Å². The lowest BCUT2D eigenvalue weighted by Crippen LogP contribution is -2.51. The van der Waals surface area contributed by atoms with Gasteiger partial charge in [-0.15, -0.1) is 0 Å².